The first kappa shape index (κ1) is 17.6. The Hall–Kier alpha value is -2.73. The zero-order valence-electron chi connectivity index (χ0n) is 13.3. The Labute approximate surface area is 145 Å². The summed E-state index contributed by atoms with van der Waals surface area (Å²) in [7, 11) is 3.11. The Bertz CT molecular complexity index is 717. The highest BCUT2D eigenvalue weighted by Crippen LogP contribution is 2.26. The van der Waals surface area contributed by atoms with Crippen molar-refractivity contribution in [1.29, 1.82) is 0 Å². The lowest BCUT2D eigenvalue weighted by Gasteiger charge is -2.07. The second-order valence-electron chi connectivity index (χ2n) is 4.65. The maximum atomic E-state index is 11.7. The fraction of sp³-hybridized carbons (Fsp3) is 0.176. The molecule has 0 saturated heterocycles. The first-order valence-corrected chi connectivity index (χ1v) is 7.42. The van der Waals surface area contributed by atoms with Gasteiger partial charge in [0.1, 0.15) is 5.75 Å². The van der Waals surface area contributed by atoms with E-state index in [1.165, 1.54) is 6.21 Å². The summed E-state index contributed by atoms with van der Waals surface area (Å²) < 4.78 is 15.7. The summed E-state index contributed by atoms with van der Waals surface area (Å²) in [6, 6.07) is 12.0. The smallest absolute Gasteiger partial charge is 0.277 e. The molecule has 126 valence electrons. The number of ether oxygens (including phenoxy) is 3. The number of amides is 1. The van der Waals surface area contributed by atoms with Gasteiger partial charge in [0.2, 0.25) is 0 Å². The minimum Gasteiger partial charge on any atom is -0.493 e. The summed E-state index contributed by atoms with van der Waals surface area (Å²) in [5, 5.41) is 4.48. The van der Waals surface area contributed by atoms with Crippen LogP contribution in [0.15, 0.2) is 47.6 Å². The van der Waals surface area contributed by atoms with Gasteiger partial charge in [-0.15, -0.1) is 0 Å². The Morgan fingerprint density at radius 1 is 1.12 bits per heavy atom. The monoisotopic (exact) mass is 348 g/mol. The molecule has 2 rings (SSSR count). The molecule has 1 amide bonds. The van der Waals surface area contributed by atoms with Gasteiger partial charge in [0, 0.05) is 5.02 Å². The number of hydrazone groups is 1. The van der Waals surface area contributed by atoms with E-state index in [1.807, 2.05) is 0 Å². The highest BCUT2D eigenvalue weighted by Gasteiger charge is 2.04. The number of nitrogens with one attached hydrogen (secondary N) is 1. The Morgan fingerprint density at radius 2 is 1.83 bits per heavy atom. The third kappa shape index (κ3) is 5.17. The van der Waals surface area contributed by atoms with E-state index in [0.29, 0.717) is 22.3 Å². The van der Waals surface area contributed by atoms with E-state index >= 15 is 0 Å². The van der Waals surface area contributed by atoms with Gasteiger partial charge in [0.05, 0.1) is 20.4 Å². The molecule has 0 unspecified atom stereocenters. The van der Waals surface area contributed by atoms with E-state index < -0.39 is 0 Å². The molecule has 24 heavy (non-hydrogen) atoms. The van der Waals surface area contributed by atoms with Crippen molar-refractivity contribution in [2.75, 3.05) is 20.8 Å². The summed E-state index contributed by atoms with van der Waals surface area (Å²) in [5.74, 6) is 1.38. The van der Waals surface area contributed by atoms with Crippen LogP contribution in [0.5, 0.6) is 17.2 Å². The van der Waals surface area contributed by atoms with E-state index in [0.717, 1.165) is 5.56 Å². The van der Waals surface area contributed by atoms with Gasteiger partial charge >= 0.3 is 0 Å². The SMILES string of the molecule is COc1ccc(/C=N\NC(=O)COc2ccc(Cl)cc2)cc1OC. The van der Waals surface area contributed by atoms with Gasteiger partial charge in [-0.1, -0.05) is 11.6 Å². The van der Waals surface area contributed by atoms with Crippen LogP contribution in [0.1, 0.15) is 5.56 Å². The third-order valence-corrected chi connectivity index (χ3v) is 3.25. The minimum atomic E-state index is -0.373. The van der Waals surface area contributed by atoms with Crippen molar-refractivity contribution in [2.45, 2.75) is 0 Å². The van der Waals surface area contributed by atoms with Crippen LogP contribution in [0.25, 0.3) is 0 Å². The van der Waals surface area contributed by atoms with Crippen LogP contribution in [-0.2, 0) is 4.79 Å². The van der Waals surface area contributed by atoms with Crippen LogP contribution in [-0.4, -0.2) is 32.9 Å². The minimum absolute atomic E-state index is 0.148. The van der Waals surface area contributed by atoms with Gasteiger partial charge in [-0.05, 0) is 48.0 Å². The number of hydrogen-bond donors (Lipinski definition) is 1. The Morgan fingerprint density at radius 3 is 2.50 bits per heavy atom. The molecule has 0 aromatic heterocycles. The standard InChI is InChI=1S/C17H17ClN2O4/c1-22-15-8-3-12(9-16(15)23-2)10-19-20-17(21)11-24-14-6-4-13(18)5-7-14/h3-10H,11H2,1-2H3,(H,20,21)/b19-10-. The molecule has 2 aromatic carbocycles. The van der Waals surface area contributed by atoms with Crippen molar-refractivity contribution >= 4 is 23.7 Å². The summed E-state index contributed by atoms with van der Waals surface area (Å²) in [6.45, 7) is -0.148. The molecule has 0 aliphatic carbocycles. The molecule has 0 saturated carbocycles. The fourth-order valence-corrected chi connectivity index (χ4v) is 1.95. The van der Waals surface area contributed by atoms with Crippen molar-refractivity contribution < 1.29 is 19.0 Å². The van der Waals surface area contributed by atoms with E-state index in [9.17, 15) is 4.79 Å². The summed E-state index contributed by atoms with van der Waals surface area (Å²) >= 11 is 5.77. The van der Waals surface area contributed by atoms with Crippen molar-refractivity contribution in [3.63, 3.8) is 0 Å². The van der Waals surface area contributed by atoms with Crippen molar-refractivity contribution in [1.82, 2.24) is 5.43 Å². The average Bonchev–Trinajstić information content (AvgIpc) is 2.61. The molecule has 0 atom stereocenters. The van der Waals surface area contributed by atoms with Crippen molar-refractivity contribution in [2.24, 2.45) is 5.10 Å². The molecule has 7 heteroatoms. The number of carbonyl (C=O) groups is 1. The van der Waals surface area contributed by atoms with E-state index in [-0.39, 0.29) is 12.5 Å². The highest BCUT2D eigenvalue weighted by molar-refractivity contribution is 6.30. The molecule has 0 aliphatic heterocycles. The summed E-state index contributed by atoms with van der Waals surface area (Å²) in [5.41, 5.74) is 3.14. The van der Waals surface area contributed by atoms with E-state index in [4.69, 9.17) is 25.8 Å². The van der Waals surface area contributed by atoms with E-state index in [2.05, 4.69) is 10.5 Å². The molecular weight excluding hydrogens is 332 g/mol. The average molecular weight is 349 g/mol. The zero-order valence-corrected chi connectivity index (χ0v) is 14.0. The Kier molecular flexibility index (Phi) is 6.45. The number of halogens is 1. The number of nitrogens with zero attached hydrogens (tertiary/aromatic N) is 1. The molecule has 0 heterocycles. The maximum Gasteiger partial charge on any atom is 0.277 e. The van der Waals surface area contributed by atoms with Crippen LogP contribution in [0.4, 0.5) is 0 Å². The molecule has 6 nitrogen and oxygen atoms in total. The lowest BCUT2D eigenvalue weighted by atomic mass is 10.2. The lowest BCUT2D eigenvalue weighted by molar-refractivity contribution is -0.123. The van der Waals surface area contributed by atoms with Crippen LogP contribution >= 0.6 is 11.6 Å². The predicted octanol–water partition coefficient (Wildman–Crippen LogP) is 2.89. The zero-order chi connectivity index (χ0) is 17.4. The van der Waals surface area contributed by atoms with Crippen molar-refractivity contribution in [3.05, 3.63) is 53.1 Å². The van der Waals surface area contributed by atoms with Gasteiger partial charge in [-0.25, -0.2) is 5.43 Å². The number of rotatable bonds is 7. The first-order valence-electron chi connectivity index (χ1n) is 7.04. The number of hydrogen-bond acceptors (Lipinski definition) is 5. The highest BCUT2D eigenvalue weighted by atomic mass is 35.5. The maximum absolute atomic E-state index is 11.7. The number of methoxy groups -OCH3 is 2. The number of carbonyl (C=O) groups excluding carboxylic acids is 1. The quantitative estimate of drug-likeness (QED) is 0.617. The largest absolute Gasteiger partial charge is 0.493 e. The second-order valence-corrected chi connectivity index (χ2v) is 5.09. The molecule has 2 aromatic rings. The lowest BCUT2D eigenvalue weighted by Crippen LogP contribution is -2.24. The third-order valence-electron chi connectivity index (χ3n) is 2.99. The van der Waals surface area contributed by atoms with Crippen LogP contribution in [0.2, 0.25) is 5.02 Å². The van der Waals surface area contributed by atoms with Crippen molar-refractivity contribution in [3.8, 4) is 17.2 Å². The van der Waals surface area contributed by atoms with Crippen LogP contribution in [0, 0.1) is 0 Å². The first-order chi connectivity index (χ1) is 11.6. The van der Waals surface area contributed by atoms with Gasteiger partial charge in [-0.2, -0.15) is 5.10 Å². The summed E-state index contributed by atoms with van der Waals surface area (Å²) in [4.78, 5) is 11.7. The molecular formula is C17H17ClN2O4. The number of benzene rings is 2. The van der Waals surface area contributed by atoms with Gasteiger partial charge in [0.25, 0.3) is 5.91 Å². The molecule has 0 fully saturated rings. The molecule has 1 N–H and O–H groups in total. The van der Waals surface area contributed by atoms with Gasteiger partial charge in [-0.3, -0.25) is 4.79 Å². The summed E-state index contributed by atoms with van der Waals surface area (Å²) in [6.07, 6.45) is 1.50. The van der Waals surface area contributed by atoms with E-state index in [1.54, 1.807) is 56.7 Å². The second kappa shape index (κ2) is 8.79. The molecule has 0 aliphatic rings. The van der Waals surface area contributed by atoms with Crippen LogP contribution < -0.4 is 19.6 Å². The molecule has 0 spiro atoms. The molecule has 0 radical (unpaired) electrons. The molecule has 0 bridgehead atoms. The van der Waals surface area contributed by atoms with Gasteiger partial charge < -0.3 is 14.2 Å². The predicted molar refractivity (Wildman–Crippen MR) is 92.2 cm³/mol. The normalized spacial score (nSPS) is 10.5. The fourth-order valence-electron chi connectivity index (χ4n) is 1.82. The van der Waals surface area contributed by atoms with Gasteiger partial charge in [0.15, 0.2) is 18.1 Å². The van der Waals surface area contributed by atoms with Crippen LogP contribution in [0.3, 0.4) is 0 Å². The topological polar surface area (TPSA) is 69.2 Å². The Balaban J connectivity index is 1.84.